The van der Waals surface area contributed by atoms with E-state index < -0.39 is 0 Å². The van der Waals surface area contributed by atoms with Gasteiger partial charge in [0.2, 0.25) is 0 Å². The summed E-state index contributed by atoms with van der Waals surface area (Å²) in [5.74, 6) is 0.673. The molecule has 0 spiro atoms. The average Bonchev–Trinajstić information content (AvgIpc) is 2.14. The summed E-state index contributed by atoms with van der Waals surface area (Å²) < 4.78 is 0. The molecule has 1 heteroatoms. The highest BCUT2D eigenvalue weighted by atomic mass is 15.2. The number of allylic oxidation sites excluding steroid dienone is 2. The predicted molar refractivity (Wildman–Crippen MR) is 72.4 cm³/mol. The molecule has 0 aromatic heterocycles. The van der Waals surface area contributed by atoms with Crippen molar-refractivity contribution in [3.63, 3.8) is 0 Å². The van der Waals surface area contributed by atoms with Gasteiger partial charge in [-0.1, -0.05) is 34.6 Å². The molecule has 0 atom stereocenters. The van der Waals surface area contributed by atoms with E-state index in [4.69, 9.17) is 0 Å². The fraction of sp³-hybridized carbons (Fsp3) is 0.867. The zero-order valence-corrected chi connectivity index (χ0v) is 12.2. The van der Waals surface area contributed by atoms with Gasteiger partial charge in [-0.3, -0.25) is 0 Å². The first-order valence-corrected chi connectivity index (χ1v) is 6.81. The van der Waals surface area contributed by atoms with E-state index in [9.17, 15) is 0 Å². The maximum absolute atomic E-state index is 2.61. The molecule has 0 N–H and O–H groups in total. The molecule has 0 aromatic rings. The minimum absolute atomic E-state index is 0.394. The van der Waals surface area contributed by atoms with E-state index >= 15 is 0 Å². The van der Waals surface area contributed by atoms with E-state index in [1.807, 2.05) is 0 Å². The van der Waals surface area contributed by atoms with Crippen LogP contribution in [-0.2, 0) is 0 Å². The zero-order chi connectivity index (χ0) is 12.5. The van der Waals surface area contributed by atoms with Crippen molar-refractivity contribution >= 4 is 0 Å². The maximum Gasteiger partial charge on any atom is 0.0230 e. The summed E-state index contributed by atoms with van der Waals surface area (Å²) in [5, 5.41) is 0. The second kappa shape index (κ2) is 4.81. The molecule has 0 amide bonds. The van der Waals surface area contributed by atoms with Crippen molar-refractivity contribution in [3.8, 4) is 0 Å². The lowest BCUT2D eigenvalue weighted by molar-refractivity contribution is 0.187. The van der Waals surface area contributed by atoms with Crippen LogP contribution in [0.15, 0.2) is 11.3 Å². The minimum Gasteiger partial charge on any atom is -0.372 e. The lowest BCUT2D eigenvalue weighted by Gasteiger charge is -2.45. The third-order valence-electron chi connectivity index (χ3n) is 3.90. The molecule has 1 aliphatic heterocycles. The Morgan fingerprint density at radius 3 is 2.12 bits per heavy atom. The van der Waals surface area contributed by atoms with Crippen LogP contribution in [0, 0.1) is 11.3 Å². The molecule has 94 valence electrons. The molecule has 1 heterocycles. The van der Waals surface area contributed by atoms with Crippen molar-refractivity contribution in [2.75, 3.05) is 6.54 Å². The molecule has 1 rings (SSSR count). The van der Waals surface area contributed by atoms with Gasteiger partial charge in [0.05, 0.1) is 0 Å². The highest BCUT2D eigenvalue weighted by Crippen LogP contribution is 2.43. The molecule has 16 heavy (non-hydrogen) atoms. The lowest BCUT2D eigenvalue weighted by atomic mass is 9.72. The standard InChI is InChI=1S/C15H29N/c1-8-13-14(11(2)3)15(6,7)9-10-16(13)12(4)5/h11-12H,8-10H2,1-7H3. The van der Waals surface area contributed by atoms with Crippen LogP contribution >= 0.6 is 0 Å². The van der Waals surface area contributed by atoms with Crippen LogP contribution in [0.5, 0.6) is 0 Å². The molecular weight excluding hydrogens is 194 g/mol. The van der Waals surface area contributed by atoms with Gasteiger partial charge >= 0.3 is 0 Å². The molecule has 0 unspecified atom stereocenters. The van der Waals surface area contributed by atoms with Crippen LogP contribution in [-0.4, -0.2) is 17.5 Å². The van der Waals surface area contributed by atoms with Crippen LogP contribution in [0.1, 0.15) is 61.3 Å². The Hall–Kier alpha value is -0.460. The lowest BCUT2D eigenvalue weighted by Crippen LogP contribution is -2.41. The van der Waals surface area contributed by atoms with Crippen LogP contribution in [0.2, 0.25) is 0 Å². The Labute approximate surface area is 102 Å². The van der Waals surface area contributed by atoms with Crippen LogP contribution in [0.4, 0.5) is 0 Å². The van der Waals surface area contributed by atoms with Gasteiger partial charge in [-0.15, -0.1) is 0 Å². The normalized spacial score (nSPS) is 21.2. The second-order valence-electron chi connectivity index (χ2n) is 6.29. The van der Waals surface area contributed by atoms with Gasteiger partial charge in [-0.2, -0.15) is 0 Å². The number of rotatable bonds is 3. The SMILES string of the molecule is CCC1=C(C(C)C)C(C)(C)CCN1C(C)C. The van der Waals surface area contributed by atoms with E-state index in [0.717, 1.165) is 0 Å². The first-order valence-electron chi connectivity index (χ1n) is 6.81. The van der Waals surface area contributed by atoms with Gasteiger partial charge in [0, 0.05) is 18.3 Å². The van der Waals surface area contributed by atoms with Gasteiger partial charge < -0.3 is 4.90 Å². The Kier molecular flexibility index (Phi) is 4.09. The average molecular weight is 223 g/mol. The third kappa shape index (κ3) is 2.44. The van der Waals surface area contributed by atoms with Crippen LogP contribution < -0.4 is 0 Å². The molecule has 1 aliphatic rings. The van der Waals surface area contributed by atoms with Gasteiger partial charge in [0.15, 0.2) is 0 Å². The third-order valence-corrected chi connectivity index (χ3v) is 3.90. The number of nitrogens with zero attached hydrogens (tertiary/aromatic N) is 1. The highest BCUT2D eigenvalue weighted by molar-refractivity contribution is 5.25. The van der Waals surface area contributed by atoms with Crippen molar-refractivity contribution < 1.29 is 0 Å². The molecular formula is C15H29N. The molecule has 0 radical (unpaired) electrons. The molecule has 0 fully saturated rings. The summed E-state index contributed by atoms with van der Waals surface area (Å²) >= 11 is 0. The predicted octanol–water partition coefficient (Wildman–Crippen LogP) is 4.45. The number of hydrogen-bond acceptors (Lipinski definition) is 1. The Balaban J connectivity index is 3.22. The molecule has 0 saturated heterocycles. The summed E-state index contributed by atoms with van der Waals surface area (Å²) in [4.78, 5) is 2.61. The minimum atomic E-state index is 0.394. The fourth-order valence-corrected chi connectivity index (χ4v) is 3.29. The summed E-state index contributed by atoms with van der Waals surface area (Å²) in [6.45, 7) is 17.7. The first kappa shape index (κ1) is 13.6. The Bertz CT molecular complexity index is 271. The number of hydrogen-bond donors (Lipinski definition) is 0. The monoisotopic (exact) mass is 223 g/mol. The van der Waals surface area contributed by atoms with E-state index in [1.54, 1.807) is 11.3 Å². The van der Waals surface area contributed by atoms with E-state index in [2.05, 4.69) is 53.4 Å². The second-order valence-corrected chi connectivity index (χ2v) is 6.29. The summed E-state index contributed by atoms with van der Waals surface area (Å²) in [6.07, 6.45) is 2.47. The fourth-order valence-electron chi connectivity index (χ4n) is 3.29. The van der Waals surface area contributed by atoms with Gasteiger partial charge in [0.1, 0.15) is 0 Å². The Morgan fingerprint density at radius 2 is 1.75 bits per heavy atom. The topological polar surface area (TPSA) is 3.24 Å². The zero-order valence-electron chi connectivity index (χ0n) is 12.2. The van der Waals surface area contributed by atoms with Gasteiger partial charge in [0.25, 0.3) is 0 Å². The molecule has 0 aromatic carbocycles. The summed E-state index contributed by atoms with van der Waals surface area (Å²) in [7, 11) is 0. The van der Waals surface area contributed by atoms with E-state index in [0.29, 0.717) is 17.4 Å². The molecule has 0 bridgehead atoms. The van der Waals surface area contributed by atoms with Crippen LogP contribution in [0.25, 0.3) is 0 Å². The smallest absolute Gasteiger partial charge is 0.0230 e. The van der Waals surface area contributed by atoms with Gasteiger partial charge in [-0.05, 0) is 43.6 Å². The first-order chi connectivity index (χ1) is 7.31. The van der Waals surface area contributed by atoms with Crippen molar-refractivity contribution in [1.29, 1.82) is 0 Å². The van der Waals surface area contributed by atoms with E-state index in [-0.39, 0.29) is 0 Å². The van der Waals surface area contributed by atoms with Crippen molar-refractivity contribution in [1.82, 2.24) is 4.90 Å². The molecule has 0 saturated carbocycles. The largest absolute Gasteiger partial charge is 0.372 e. The van der Waals surface area contributed by atoms with Gasteiger partial charge in [-0.25, -0.2) is 0 Å². The van der Waals surface area contributed by atoms with Crippen molar-refractivity contribution in [3.05, 3.63) is 11.3 Å². The van der Waals surface area contributed by atoms with E-state index in [1.165, 1.54) is 19.4 Å². The summed E-state index contributed by atoms with van der Waals surface area (Å²) in [5.41, 5.74) is 3.70. The quantitative estimate of drug-likeness (QED) is 0.683. The molecule has 1 nitrogen and oxygen atoms in total. The summed E-state index contributed by atoms with van der Waals surface area (Å²) in [6, 6.07) is 0.639. The van der Waals surface area contributed by atoms with Crippen LogP contribution in [0.3, 0.4) is 0 Å². The Morgan fingerprint density at radius 1 is 1.19 bits per heavy atom. The highest BCUT2D eigenvalue weighted by Gasteiger charge is 2.34. The molecule has 0 aliphatic carbocycles. The van der Waals surface area contributed by atoms with Crippen molar-refractivity contribution in [2.24, 2.45) is 11.3 Å². The maximum atomic E-state index is 2.61. The van der Waals surface area contributed by atoms with Crippen molar-refractivity contribution in [2.45, 2.75) is 67.3 Å².